The lowest BCUT2D eigenvalue weighted by molar-refractivity contribution is -0.123. The van der Waals surface area contributed by atoms with E-state index in [2.05, 4.69) is 10.6 Å². The van der Waals surface area contributed by atoms with Gasteiger partial charge in [0.1, 0.15) is 6.04 Å². The normalized spacial score (nSPS) is 11.4. The van der Waals surface area contributed by atoms with E-state index in [0.717, 1.165) is 16.7 Å². The van der Waals surface area contributed by atoms with Crippen molar-refractivity contribution in [3.63, 3.8) is 0 Å². The molecule has 0 saturated carbocycles. The van der Waals surface area contributed by atoms with Gasteiger partial charge in [0.05, 0.1) is 7.11 Å². The van der Waals surface area contributed by atoms with Crippen molar-refractivity contribution in [3.05, 3.63) is 59.2 Å². The number of methoxy groups -OCH3 is 1. The molecule has 2 aromatic carbocycles. The number of nitrogens with two attached hydrogens (primary N) is 1. The Morgan fingerprint density at radius 1 is 1.07 bits per heavy atom. The Labute approximate surface area is 165 Å². The van der Waals surface area contributed by atoms with E-state index in [4.69, 9.17) is 15.2 Å². The molecule has 0 saturated heterocycles. The van der Waals surface area contributed by atoms with Gasteiger partial charge in [0, 0.05) is 13.1 Å². The summed E-state index contributed by atoms with van der Waals surface area (Å²) in [6, 6.07) is 12.1. The largest absolute Gasteiger partial charge is 0.493 e. The van der Waals surface area contributed by atoms with Crippen LogP contribution in [-0.4, -0.2) is 32.1 Å². The zero-order chi connectivity index (χ0) is 20.5. The van der Waals surface area contributed by atoms with Crippen LogP contribution in [0.25, 0.3) is 0 Å². The monoisotopic (exact) mass is 385 g/mol. The molecule has 2 amide bonds. The Bertz CT molecular complexity index is 806. The summed E-state index contributed by atoms with van der Waals surface area (Å²) in [6.45, 7) is 4.57. The maximum atomic E-state index is 12.3. The maximum absolute atomic E-state index is 12.3. The number of hydrogen-bond acceptors (Lipinski definition) is 5. The molecule has 150 valence electrons. The Morgan fingerprint density at radius 3 is 2.43 bits per heavy atom. The molecule has 0 spiro atoms. The molecule has 0 aliphatic heterocycles. The number of benzene rings is 2. The molecule has 0 aliphatic carbocycles. The first-order chi connectivity index (χ1) is 13.4. The first-order valence-corrected chi connectivity index (χ1v) is 9.10. The Hall–Kier alpha value is -3.06. The molecule has 0 aromatic heterocycles. The fraction of sp³-hybridized carbons (Fsp3) is 0.333. The third-order valence-electron chi connectivity index (χ3n) is 4.15. The van der Waals surface area contributed by atoms with Gasteiger partial charge in [-0.1, -0.05) is 35.9 Å². The molecule has 1 atom stereocenters. The van der Waals surface area contributed by atoms with Crippen LogP contribution in [0.3, 0.4) is 0 Å². The minimum absolute atomic E-state index is 0.0916. The molecule has 0 heterocycles. The van der Waals surface area contributed by atoms with Crippen molar-refractivity contribution in [1.82, 2.24) is 10.6 Å². The fourth-order valence-electron chi connectivity index (χ4n) is 2.56. The number of likely N-dealkylation sites (N-methyl/N-ethyl adjacent to an activating group) is 1. The van der Waals surface area contributed by atoms with Gasteiger partial charge in [-0.3, -0.25) is 9.59 Å². The first kappa shape index (κ1) is 21.2. The van der Waals surface area contributed by atoms with Crippen LogP contribution in [0.5, 0.6) is 11.5 Å². The molecular weight excluding hydrogens is 358 g/mol. The highest BCUT2D eigenvalue weighted by Crippen LogP contribution is 2.28. The smallest absolute Gasteiger partial charge is 0.257 e. The number of carbonyl (C=O) groups excluding carboxylic acids is 2. The Kier molecular flexibility index (Phi) is 7.83. The molecule has 28 heavy (non-hydrogen) atoms. The maximum Gasteiger partial charge on any atom is 0.257 e. The van der Waals surface area contributed by atoms with Crippen LogP contribution >= 0.6 is 0 Å². The second-order valence-electron chi connectivity index (χ2n) is 6.33. The molecule has 7 heteroatoms. The molecule has 0 fully saturated rings. The number of ether oxygens (including phenoxy) is 2. The van der Waals surface area contributed by atoms with Crippen molar-refractivity contribution in [2.75, 3.05) is 20.3 Å². The summed E-state index contributed by atoms with van der Waals surface area (Å²) in [6.07, 6.45) is 0. The molecule has 1 unspecified atom stereocenters. The van der Waals surface area contributed by atoms with E-state index in [1.54, 1.807) is 18.2 Å². The Morgan fingerprint density at radius 2 is 1.79 bits per heavy atom. The summed E-state index contributed by atoms with van der Waals surface area (Å²) in [4.78, 5) is 23.8. The summed E-state index contributed by atoms with van der Waals surface area (Å²) in [5, 5.41) is 5.49. The minimum atomic E-state index is -0.734. The summed E-state index contributed by atoms with van der Waals surface area (Å²) in [5.74, 6) is 0.476. The SMILES string of the molecule is CCNC(=O)COc1ccc(CNC(=O)C(N)c2ccc(C)cc2)cc1OC. The van der Waals surface area contributed by atoms with Crippen molar-refractivity contribution in [2.24, 2.45) is 5.73 Å². The highest BCUT2D eigenvalue weighted by atomic mass is 16.5. The van der Waals surface area contributed by atoms with Crippen LogP contribution in [0.4, 0.5) is 0 Å². The van der Waals surface area contributed by atoms with Crippen molar-refractivity contribution in [3.8, 4) is 11.5 Å². The predicted molar refractivity (Wildman–Crippen MR) is 107 cm³/mol. The number of rotatable bonds is 9. The third-order valence-corrected chi connectivity index (χ3v) is 4.15. The second kappa shape index (κ2) is 10.3. The predicted octanol–water partition coefficient (Wildman–Crippen LogP) is 1.83. The van der Waals surface area contributed by atoms with E-state index < -0.39 is 6.04 Å². The third kappa shape index (κ3) is 5.99. The van der Waals surface area contributed by atoms with Crippen molar-refractivity contribution >= 4 is 11.8 Å². The van der Waals surface area contributed by atoms with Crippen LogP contribution in [0.15, 0.2) is 42.5 Å². The molecule has 4 N–H and O–H groups in total. The van der Waals surface area contributed by atoms with Gasteiger partial charge >= 0.3 is 0 Å². The summed E-state index contributed by atoms with van der Waals surface area (Å²) in [7, 11) is 1.52. The number of amides is 2. The minimum Gasteiger partial charge on any atom is -0.493 e. The number of nitrogens with one attached hydrogen (secondary N) is 2. The van der Waals surface area contributed by atoms with Gasteiger partial charge in [-0.05, 0) is 37.1 Å². The number of aryl methyl sites for hydroxylation is 1. The van der Waals surface area contributed by atoms with E-state index in [9.17, 15) is 9.59 Å². The van der Waals surface area contributed by atoms with E-state index >= 15 is 0 Å². The van der Waals surface area contributed by atoms with Crippen molar-refractivity contribution in [1.29, 1.82) is 0 Å². The van der Waals surface area contributed by atoms with Crippen LogP contribution in [0.1, 0.15) is 29.7 Å². The molecule has 2 aromatic rings. The van der Waals surface area contributed by atoms with Gasteiger partial charge < -0.3 is 25.8 Å². The highest BCUT2D eigenvalue weighted by molar-refractivity contribution is 5.83. The van der Waals surface area contributed by atoms with E-state index in [1.807, 2.05) is 38.1 Å². The molecule has 2 rings (SSSR count). The van der Waals surface area contributed by atoms with Gasteiger partial charge in [-0.15, -0.1) is 0 Å². The van der Waals surface area contributed by atoms with Gasteiger partial charge in [-0.25, -0.2) is 0 Å². The molecule has 0 aliphatic rings. The van der Waals surface area contributed by atoms with Crippen LogP contribution < -0.4 is 25.8 Å². The van der Waals surface area contributed by atoms with Crippen molar-refractivity contribution in [2.45, 2.75) is 26.4 Å². The van der Waals surface area contributed by atoms with Gasteiger partial charge in [0.2, 0.25) is 5.91 Å². The summed E-state index contributed by atoms with van der Waals surface area (Å²) < 4.78 is 10.8. The molecule has 0 radical (unpaired) electrons. The average molecular weight is 385 g/mol. The standard InChI is InChI=1S/C21H27N3O4/c1-4-23-19(25)13-28-17-10-7-15(11-18(17)27-3)12-24-21(26)20(22)16-8-5-14(2)6-9-16/h5-11,20H,4,12-13,22H2,1-3H3,(H,23,25)(H,24,26). The molecule has 7 nitrogen and oxygen atoms in total. The number of carbonyl (C=O) groups is 2. The van der Waals surface area contributed by atoms with Crippen LogP contribution in [-0.2, 0) is 16.1 Å². The highest BCUT2D eigenvalue weighted by Gasteiger charge is 2.16. The lowest BCUT2D eigenvalue weighted by Crippen LogP contribution is -2.33. The number of hydrogen-bond donors (Lipinski definition) is 3. The lowest BCUT2D eigenvalue weighted by atomic mass is 10.1. The van der Waals surface area contributed by atoms with E-state index in [0.29, 0.717) is 24.6 Å². The molecule has 0 bridgehead atoms. The Balaban J connectivity index is 1.95. The van der Waals surface area contributed by atoms with Gasteiger partial charge in [-0.2, -0.15) is 0 Å². The van der Waals surface area contributed by atoms with Crippen LogP contribution in [0, 0.1) is 6.92 Å². The summed E-state index contributed by atoms with van der Waals surface area (Å²) >= 11 is 0. The zero-order valence-electron chi connectivity index (χ0n) is 16.5. The van der Waals surface area contributed by atoms with Gasteiger partial charge in [0.15, 0.2) is 18.1 Å². The lowest BCUT2D eigenvalue weighted by Gasteiger charge is -2.15. The fourth-order valence-corrected chi connectivity index (χ4v) is 2.56. The van der Waals surface area contributed by atoms with E-state index in [-0.39, 0.29) is 18.4 Å². The quantitative estimate of drug-likeness (QED) is 0.611. The van der Waals surface area contributed by atoms with E-state index in [1.165, 1.54) is 7.11 Å². The summed E-state index contributed by atoms with van der Waals surface area (Å²) in [5.41, 5.74) is 8.72. The first-order valence-electron chi connectivity index (χ1n) is 9.10. The molecular formula is C21H27N3O4. The van der Waals surface area contributed by atoms with Crippen LogP contribution in [0.2, 0.25) is 0 Å². The van der Waals surface area contributed by atoms with Gasteiger partial charge in [0.25, 0.3) is 5.91 Å². The second-order valence-corrected chi connectivity index (χ2v) is 6.33. The average Bonchev–Trinajstić information content (AvgIpc) is 2.70. The topological polar surface area (TPSA) is 103 Å². The zero-order valence-corrected chi connectivity index (χ0v) is 16.5. The van der Waals surface area contributed by atoms with Crippen molar-refractivity contribution < 1.29 is 19.1 Å².